The summed E-state index contributed by atoms with van der Waals surface area (Å²) in [6.45, 7) is 2.07. The van der Waals surface area contributed by atoms with Crippen LogP contribution < -0.4 is 10.5 Å². The molecule has 1 rings (SSSR count). The molecule has 2 N–H and O–H groups in total. The summed E-state index contributed by atoms with van der Waals surface area (Å²) < 4.78 is 34.3. The van der Waals surface area contributed by atoms with Crippen molar-refractivity contribution < 1.29 is 18.3 Å². The molecule has 0 aliphatic rings. The summed E-state index contributed by atoms with van der Waals surface area (Å²) in [4.78, 5) is 0. The molecule has 5 heteroatoms. The lowest BCUT2D eigenvalue weighted by Crippen LogP contribution is -2.20. The SMILES string of the molecule is CC(C)COCC(N)c1ccccc1OC(F)F. The van der Waals surface area contributed by atoms with Gasteiger partial charge in [0.2, 0.25) is 0 Å². The van der Waals surface area contributed by atoms with Gasteiger partial charge in [0, 0.05) is 12.2 Å². The number of benzene rings is 1. The van der Waals surface area contributed by atoms with Crippen molar-refractivity contribution in [3.63, 3.8) is 0 Å². The first-order valence-corrected chi connectivity index (χ1v) is 5.87. The highest BCUT2D eigenvalue weighted by molar-refractivity contribution is 5.35. The van der Waals surface area contributed by atoms with E-state index in [9.17, 15) is 8.78 Å². The van der Waals surface area contributed by atoms with E-state index in [1.54, 1.807) is 18.2 Å². The molecule has 1 atom stereocenters. The average molecular weight is 259 g/mol. The smallest absolute Gasteiger partial charge is 0.387 e. The van der Waals surface area contributed by atoms with Gasteiger partial charge in [0.05, 0.1) is 12.6 Å². The van der Waals surface area contributed by atoms with Crippen LogP contribution in [0.2, 0.25) is 0 Å². The molecule has 0 heterocycles. The molecule has 102 valence electrons. The van der Waals surface area contributed by atoms with Gasteiger partial charge in [-0.05, 0) is 12.0 Å². The zero-order valence-electron chi connectivity index (χ0n) is 10.6. The summed E-state index contributed by atoms with van der Waals surface area (Å²) in [6.07, 6.45) is 0. The zero-order chi connectivity index (χ0) is 13.5. The second-order valence-electron chi connectivity index (χ2n) is 4.45. The third kappa shape index (κ3) is 4.98. The van der Waals surface area contributed by atoms with Crippen molar-refractivity contribution in [2.75, 3.05) is 13.2 Å². The Morgan fingerprint density at radius 3 is 2.44 bits per heavy atom. The van der Waals surface area contributed by atoms with Crippen molar-refractivity contribution in [1.82, 2.24) is 0 Å². The van der Waals surface area contributed by atoms with E-state index in [2.05, 4.69) is 4.74 Å². The monoisotopic (exact) mass is 259 g/mol. The lowest BCUT2D eigenvalue weighted by Gasteiger charge is -2.17. The normalized spacial score (nSPS) is 13.1. The predicted octanol–water partition coefficient (Wildman–Crippen LogP) is 2.96. The van der Waals surface area contributed by atoms with E-state index in [1.165, 1.54) is 6.07 Å². The van der Waals surface area contributed by atoms with Crippen LogP contribution in [-0.4, -0.2) is 19.8 Å². The molecule has 0 bridgehead atoms. The van der Waals surface area contributed by atoms with Gasteiger partial charge in [-0.1, -0.05) is 32.0 Å². The Labute approximate surface area is 106 Å². The minimum Gasteiger partial charge on any atom is -0.434 e. The number of ether oxygens (including phenoxy) is 2. The van der Waals surface area contributed by atoms with Gasteiger partial charge in [0.1, 0.15) is 5.75 Å². The third-order valence-corrected chi connectivity index (χ3v) is 2.28. The minimum absolute atomic E-state index is 0.105. The van der Waals surface area contributed by atoms with Crippen molar-refractivity contribution in [2.45, 2.75) is 26.5 Å². The maximum atomic E-state index is 12.2. The van der Waals surface area contributed by atoms with Crippen LogP contribution in [0.3, 0.4) is 0 Å². The number of halogens is 2. The highest BCUT2D eigenvalue weighted by atomic mass is 19.3. The summed E-state index contributed by atoms with van der Waals surface area (Å²) in [5, 5.41) is 0. The van der Waals surface area contributed by atoms with E-state index in [0.717, 1.165) is 0 Å². The molecule has 0 amide bonds. The Kier molecular flexibility index (Phi) is 6.01. The van der Waals surface area contributed by atoms with Gasteiger partial charge in [-0.3, -0.25) is 0 Å². The molecular weight excluding hydrogens is 240 g/mol. The number of alkyl halides is 2. The van der Waals surface area contributed by atoms with Gasteiger partial charge in [-0.2, -0.15) is 8.78 Å². The molecule has 1 aromatic carbocycles. The van der Waals surface area contributed by atoms with Crippen molar-refractivity contribution in [3.05, 3.63) is 29.8 Å². The molecule has 18 heavy (non-hydrogen) atoms. The van der Waals surface area contributed by atoms with E-state index in [1.807, 2.05) is 13.8 Å². The van der Waals surface area contributed by atoms with E-state index < -0.39 is 12.7 Å². The molecule has 0 spiro atoms. The van der Waals surface area contributed by atoms with Gasteiger partial charge in [0.15, 0.2) is 0 Å². The Morgan fingerprint density at radius 1 is 1.17 bits per heavy atom. The van der Waals surface area contributed by atoms with Gasteiger partial charge in [-0.15, -0.1) is 0 Å². The average Bonchev–Trinajstić information content (AvgIpc) is 2.28. The van der Waals surface area contributed by atoms with E-state index >= 15 is 0 Å². The molecule has 0 radical (unpaired) electrons. The van der Waals surface area contributed by atoms with Crippen LogP contribution in [0.1, 0.15) is 25.5 Å². The van der Waals surface area contributed by atoms with Crippen molar-refractivity contribution in [3.8, 4) is 5.75 Å². The Hall–Kier alpha value is -1.20. The summed E-state index contributed by atoms with van der Waals surface area (Å²) in [5.74, 6) is 0.512. The lowest BCUT2D eigenvalue weighted by atomic mass is 10.1. The van der Waals surface area contributed by atoms with Crippen LogP contribution in [0.5, 0.6) is 5.75 Å². The second-order valence-corrected chi connectivity index (χ2v) is 4.45. The summed E-state index contributed by atoms with van der Waals surface area (Å²) in [5.41, 5.74) is 6.44. The molecule has 0 aromatic heterocycles. The highest BCUT2D eigenvalue weighted by Gasteiger charge is 2.15. The molecule has 0 aliphatic carbocycles. The fourth-order valence-corrected chi connectivity index (χ4v) is 1.51. The minimum atomic E-state index is -2.85. The van der Waals surface area contributed by atoms with Crippen LogP contribution in [-0.2, 0) is 4.74 Å². The van der Waals surface area contributed by atoms with Crippen LogP contribution in [0.4, 0.5) is 8.78 Å². The van der Waals surface area contributed by atoms with Gasteiger partial charge in [0.25, 0.3) is 0 Å². The number of para-hydroxylation sites is 1. The number of rotatable bonds is 7. The molecule has 1 unspecified atom stereocenters. The molecular formula is C13H19F2NO2. The van der Waals surface area contributed by atoms with Crippen molar-refractivity contribution in [2.24, 2.45) is 11.7 Å². The summed E-state index contributed by atoms with van der Waals surface area (Å²) >= 11 is 0. The molecule has 0 aliphatic heterocycles. The lowest BCUT2D eigenvalue weighted by molar-refractivity contribution is -0.0509. The van der Waals surface area contributed by atoms with Gasteiger partial charge in [-0.25, -0.2) is 0 Å². The molecule has 1 aromatic rings. The summed E-state index contributed by atoms with van der Waals surface area (Å²) in [7, 11) is 0. The molecule has 0 fully saturated rings. The number of hydrogen-bond acceptors (Lipinski definition) is 3. The van der Waals surface area contributed by atoms with E-state index in [0.29, 0.717) is 18.1 Å². The van der Waals surface area contributed by atoms with Crippen LogP contribution >= 0.6 is 0 Å². The van der Waals surface area contributed by atoms with Crippen molar-refractivity contribution in [1.29, 1.82) is 0 Å². The molecule has 0 saturated carbocycles. The number of nitrogens with two attached hydrogens (primary N) is 1. The standard InChI is InChI=1S/C13H19F2NO2/c1-9(2)7-17-8-11(16)10-5-3-4-6-12(10)18-13(14)15/h3-6,9,11,13H,7-8,16H2,1-2H3. The highest BCUT2D eigenvalue weighted by Crippen LogP contribution is 2.25. The first-order chi connectivity index (χ1) is 8.50. The van der Waals surface area contributed by atoms with Crippen LogP contribution in [0.15, 0.2) is 24.3 Å². The van der Waals surface area contributed by atoms with E-state index in [-0.39, 0.29) is 12.4 Å². The van der Waals surface area contributed by atoms with Crippen LogP contribution in [0.25, 0.3) is 0 Å². The maximum Gasteiger partial charge on any atom is 0.387 e. The first kappa shape index (κ1) is 14.9. The Balaban J connectivity index is 2.63. The topological polar surface area (TPSA) is 44.5 Å². The third-order valence-electron chi connectivity index (χ3n) is 2.28. The quantitative estimate of drug-likeness (QED) is 0.818. The largest absolute Gasteiger partial charge is 0.434 e. The molecule has 0 saturated heterocycles. The van der Waals surface area contributed by atoms with Crippen LogP contribution in [0, 0.1) is 5.92 Å². The molecule has 3 nitrogen and oxygen atoms in total. The van der Waals surface area contributed by atoms with E-state index in [4.69, 9.17) is 10.5 Å². The number of hydrogen-bond donors (Lipinski definition) is 1. The Bertz CT molecular complexity index is 359. The fourth-order valence-electron chi connectivity index (χ4n) is 1.51. The zero-order valence-corrected chi connectivity index (χ0v) is 10.6. The second kappa shape index (κ2) is 7.28. The fraction of sp³-hybridized carbons (Fsp3) is 0.538. The predicted molar refractivity (Wildman–Crippen MR) is 65.7 cm³/mol. The first-order valence-electron chi connectivity index (χ1n) is 5.87. The maximum absolute atomic E-state index is 12.2. The van der Waals surface area contributed by atoms with Crippen molar-refractivity contribution >= 4 is 0 Å². The van der Waals surface area contributed by atoms with Gasteiger partial charge < -0.3 is 15.2 Å². The Morgan fingerprint density at radius 2 is 1.83 bits per heavy atom. The summed E-state index contributed by atoms with van der Waals surface area (Å²) in [6, 6.07) is 6.03. The van der Waals surface area contributed by atoms with Gasteiger partial charge >= 0.3 is 6.61 Å².